The zero-order valence-electron chi connectivity index (χ0n) is 7.26. The van der Waals surface area contributed by atoms with Gasteiger partial charge in [-0.15, -0.1) is 0 Å². The Balaban J connectivity index is 3.45. The zero-order valence-corrected chi connectivity index (χ0v) is 7.26. The molecule has 1 amide bonds. The van der Waals surface area contributed by atoms with Gasteiger partial charge in [-0.1, -0.05) is 13.8 Å². The number of carbonyl (C=O) groups is 1. The monoisotopic (exact) mass is 160 g/mol. The summed E-state index contributed by atoms with van der Waals surface area (Å²) in [7, 11) is 0. The number of nitrogens with one attached hydrogen (secondary N) is 1. The molecule has 0 aromatic carbocycles. The number of hydrazine groups is 1. The minimum absolute atomic E-state index is 0.0375. The van der Waals surface area contributed by atoms with Gasteiger partial charge in [0.2, 0.25) is 0 Å². The topological polar surface area (TPSA) is 64.3 Å². The van der Waals surface area contributed by atoms with Gasteiger partial charge in [-0.2, -0.15) is 0 Å². The second-order valence-corrected chi connectivity index (χ2v) is 2.83. The molecule has 0 aliphatic carbocycles. The smallest absolute Gasteiger partial charge is 0.259 e. The van der Waals surface area contributed by atoms with Crippen LogP contribution >= 0.6 is 0 Å². The van der Waals surface area contributed by atoms with Crippen LogP contribution in [0.5, 0.6) is 0 Å². The number of carbonyl (C=O) groups excluding carboxylic acids is 1. The number of rotatable bonds is 4. The minimum Gasteiger partial charge on any atom is -0.368 e. The van der Waals surface area contributed by atoms with E-state index in [2.05, 4.69) is 0 Å². The second kappa shape index (κ2) is 5.09. The van der Waals surface area contributed by atoms with Crippen LogP contribution in [0, 0.1) is 5.92 Å². The van der Waals surface area contributed by atoms with Crippen molar-refractivity contribution in [3.8, 4) is 0 Å². The maximum atomic E-state index is 10.6. The minimum atomic E-state index is -0.294. The van der Waals surface area contributed by atoms with Gasteiger partial charge in [0.1, 0.15) is 6.61 Å². The van der Waals surface area contributed by atoms with E-state index in [1.807, 2.05) is 26.2 Å². The van der Waals surface area contributed by atoms with Crippen LogP contribution < -0.4 is 11.3 Å². The standard InChI is InChI=1S/C7H16N2O2/c1-5(2)6(3)11-4-7(10)9-8/h5-6H,4,8H2,1-3H3,(H,9,10). The van der Waals surface area contributed by atoms with Crippen molar-refractivity contribution >= 4 is 5.91 Å². The molecule has 0 fully saturated rings. The van der Waals surface area contributed by atoms with E-state index in [0.717, 1.165) is 0 Å². The molecule has 0 radical (unpaired) electrons. The normalized spacial score (nSPS) is 13.2. The molecule has 0 rings (SSSR count). The van der Waals surface area contributed by atoms with E-state index in [0.29, 0.717) is 5.92 Å². The molecule has 1 unspecified atom stereocenters. The summed E-state index contributed by atoms with van der Waals surface area (Å²) in [6.07, 6.45) is 0.0901. The van der Waals surface area contributed by atoms with E-state index < -0.39 is 0 Å². The van der Waals surface area contributed by atoms with Crippen LogP contribution in [-0.2, 0) is 9.53 Å². The van der Waals surface area contributed by atoms with Gasteiger partial charge < -0.3 is 4.74 Å². The van der Waals surface area contributed by atoms with Gasteiger partial charge in [0.05, 0.1) is 6.10 Å². The van der Waals surface area contributed by atoms with Crippen molar-refractivity contribution in [2.45, 2.75) is 26.9 Å². The average Bonchev–Trinajstić information content (AvgIpc) is 1.99. The molecule has 0 aromatic heterocycles. The highest BCUT2D eigenvalue weighted by Gasteiger charge is 2.08. The van der Waals surface area contributed by atoms with Crippen molar-refractivity contribution in [3.05, 3.63) is 0 Å². The van der Waals surface area contributed by atoms with Crippen LogP contribution in [0.25, 0.3) is 0 Å². The summed E-state index contributed by atoms with van der Waals surface area (Å²) in [5.41, 5.74) is 2.00. The first kappa shape index (κ1) is 10.4. The summed E-state index contributed by atoms with van der Waals surface area (Å²) in [6, 6.07) is 0. The Morgan fingerprint density at radius 3 is 2.45 bits per heavy atom. The van der Waals surface area contributed by atoms with Crippen molar-refractivity contribution in [3.63, 3.8) is 0 Å². The fourth-order valence-corrected chi connectivity index (χ4v) is 0.441. The van der Waals surface area contributed by atoms with Gasteiger partial charge in [-0.3, -0.25) is 10.2 Å². The maximum Gasteiger partial charge on any atom is 0.259 e. The highest BCUT2D eigenvalue weighted by Crippen LogP contribution is 2.03. The summed E-state index contributed by atoms with van der Waals surface area (Å²) in [4.78, 5) is 10.6. The lowest BCUT2D eigenvalue weighted by molar-refractivity contribution is -0.128. The summed E-state index contributed by atoms with van der Waals surface area (Å²) in [5.74, 6) is 4.98. The first-order chi connectivity index (χ1) is 5.07. The van der Waals surface area contributed by atoms with Gasteiger partial charge in [0.25, 0.3) is 5.91 Å². The fraction of sp³-hybridized carbons (Fsp3) is 0.857. The molecule has 0 bridgehead atoms. The van der Waals surface area contributed by atoms with Crippen LogP contribution in [0.15, 0.2) is 0 Å². The maximum absolute atomic E-state index is 10.6. The Hall–Kier alpha value is -0.610. The average molecular weight is 160 g/mol. The second-order valence-electron chi connectivity index (χ2n) is 2.83. The molecule has 0 spiro atoms. The van der Waals surface area contributed by atoms with Crippen molar-refractivity contribution < 1.29 is 9.53 Å². The number of nitrogens with two attached hydrogens (primary N) is 1. The molecular weight excluding hydrogens is 144 g/mol. The third-order valence-corrected chi connectivity index (χ3v) is 1.58. The van der Waals surface area contributed by atoms with Gasteiger partial charge in [-0.05, 0) is 12.8 Å². The molecule has 4 heteroatoms. The molecule has 0 aliphatic rings. The Morgan fingerprint density at radius 1 is 1.55 bits per heavy atom. The van der Waals surface area contributed by atoms with Crippen LogP contribution in [0.3, 0.4) is 0 Å². The Bertz CT molecular complexity index is 126. The number of ether oxygens (including phenoxy) is 1. The molecule has 0 saturated heterocycles. The number of hydrogen-bond acceptors (Lipinski definition) is 3. The van der Waals surface area contributed by atoms with Gasteiger partial charge in [-0.25, -0.2) is 5.84 Å². The lowest BCUT2D eigenvalue weighted by Gasteiger charge is -2.15. The highest BCUT2D eigenvalue weighted by atomic mass is 16.5. The molecular formula is C7H16N2O2. The molecule has 0 aromatic rings. The predicted molar refractivity (Wildman–Crippen MR) is 42.6 cm³/mol. The third kappa shape index (κ3) is 4.75. The summed E-state index contributed by atoms with van der Waals surface area (Å²) >= 11 is 0. The van der Waals surface area contributed by atoms with Gasteiger partial charge in [0, 0.05) is 0 Å². The summed E-state index contributed by atoms with van der Waals surface area (Å²) in [5, 5.41) is 0. The van der Waals surface area contributed by atoms with Crippen molar-refractivity contribution in [1.29, 1.82) is 0 Å². The fourth-order valence-electron chi connectivity index (χ4n) is 0.441. The number of hydrogen-bond donors (Lipinski definition) is 2. The van der Waals surface area contributed by atoms with Crippen LogP contribution in [0.1, 0.15) is 20.8 Å². The Morgan fingerprint density at radius 2 is 2.09 bits per heavy atom. The van der Waals surface area contributed by atoms with Gasteiger partial charge in [0.15, 0.2) is 0 Å². The molecule has 0 saturated carbocycles. The summed E-state index contributed by atoms with van der Waals surface area (Å²) < 4.78 is 5.16. The molecule has 1 atom stereocenters. The first-order valence-corrected chi connectivity index (χ1v) is 3.69. The van der Waals surface area contributed by atoms with E-state index in [1.54, 1.807) is 0 Å². The molecule has 0 aliphatic heterocycles. The third-order valence-electron chi connectivity index (χ3n) is 1.58. The predicted octanol–water partition coefficient (Wildman–Crippen LogP) is 0.0374. The zero-order chi connectivity index (χ0) is 8.85. The molecule has 4 nitrogen and oxygen atoms in total. The molecule has 0 heterocycles. The number of amides is 1. The quantitative estimate of drug-likeness (QED) is 0.346. The molecule has 66 valence electrons. The van der Waals surface area contributed by atoms with E-state index in [-0.39, 0.29) is 18.6 Å². The molecule has 11 heavy (non-hydrogen) atoms. The van der Waals surface area contributed by atoms with E-state index >= 15 is 0 Å². The van der Waals surface area contributed by atoms with E-state index in [4.69, 9.17) is 10.6 Å². The van der Waals surface area contributed by atoms with Crippen molar-refractivity contribution in [1.82, 2.24) is 5.43 Å². The molecule has 3 N–H and O–H groups in total. The summed E-state index contributed by atoms with van der Waals surface area (Å²) in [6.45, 7) is 6.03. The van der Waals surface area contributed by atoms with Crippen LogP contribution in [0.4, 0.5) is 0 Å². The van der Waals surface area contributed by atoms with Crippen LogP contribution in [0.2, 0.25) is 0 Å². The van der Waals surface area contributed by atoms with Crippen molar-refractivity contribution in [2.75, 3.05) is 6.61 Å². The lowest BCUT2D eigenvalue weighted by Crippen LogP contribution is -2.35. The highest BCUT2D eigenvalue weighted by molar-refractivity contribution is 5.76. The van der Waals surface area contributed by atoms with E-state index in [1.165, 1.54) is 0 Å². The van der Waals surface area contributed by atoms with Gasteiger partial charge >= 0.3 is 0 Å². The van der Waals surface area contributed by atoms with Crippen LogP contribution in [-0.4, -0.2) is 18.6 Å². The lowest BCUT2D eigenvalue weighted by atomic mass is 10.1. The Kier molecular flexibility index (Phi) is 4.81. The SMILES string of the molecule is CC(C)C(C)OCC(=O)NN. The van der Waals surface area contributed by atoms with Crippen molar-refractivity contribution in [2.24, 2.45) is 11.8 Å². The largest absolute Gasteiger partial charge is 0.368 e. The first-order valence-electron chi connectivity index (χ1n) is 3.69. The Labute approximate surface area is 67.1 Å². The van der Waals surface area contributed by atoms with E-state index in [9.17, 15) is 4.79 Å².